The van der Waals surface area contributed by atoms with Gasteiger partial charge in [0.05, 0.1) is 16.7 Å². The van der Waals surface area contributed by atoms with Crippen LogP contribution in [0, 0.1) is 10.1 Å². The summed E-state index contributed by atoms with van der Waals surface area (Å²) in [6.45, 7) is 0. The Morgan fingerprint density at radius 2 is 2.04 bits per heavy atom. The number of hydrogen-bond donors (Lipinski definition) is 1. The van der Waals surface area contributed by atoms with Crippen molar-refractivity contribution in [2.45, 2.75) is 6.10 Å². The summed E-state index contributed by atoms with van der Waals surface area (Å²) in [6.07, 6.45) is 0.173. The Balaban J connectivity index is 1.93. The largest absolute Gasteiger partial charge is 0.442 e. The third-order valence-electron chi connectivity index (χ3n) is 3.38. The lowest BCUT2D eigenvalue weighted by atomic mass is 10.0. The zero-order chi connectivity index (χ0) is 16.4. The Bertz CT molecular complexity index is 819. The Kier molecular flexibility index (Phi) is 3.99. The van der Waals surface area contributed by atoms with Crippen molar-refractivity contribution >= 4 is 23.3 Å². The molecule has 7 heteroatoms. The molecule has 2 aromatic rings. The van der Waals surface area contributed by atoms with Crippen LogP contribution in [0.1, 0.15) is 22.0 Å². The summed E-state index contributed by atoms with van der Waals surface area (Å²) >= 11 is 5.87. The molecule has 1 N–H and O–H groups in total. The van der Waals surface area contributed by atoms with Gasteiger partial charge in [0, 0.05) is 16.3 Å². The number of anilines is 1. The first-order chi connectivity index (χ1) is 11.1. The highest BCUT2D eigenvalue weighted by molar-refractivity contribution is 6.30. The van der Waals surface area contributed by atoms with Gasteiger partial charge in [-0.2, -0.15) is 0 Å². The smallest absolute Gasteiger partial charge is 0.339 e. The van der Waals surface area contributed by atoms with E-state index in [0.717, 1.165) is 0 Å². The quantitative estimate of drug-likeness (QED) is 0.524. The molecular weight excluding hydrogens is 320 g/mol. The monoisotopic (exact) mass is 330 g/mol. The second-order valence-corrected chi connectivity index (χ2v) is 5.29. The molecule has 0 amide bonds. The molecule has 1 aliphatic rings. The Hall–Kier alpha value is -2.86. The van der Waals surface area contributed by atoms with Crippen molar-refractivity contribution in [2.75, 3.05) is 5.32 Å². The van der Waals surface area contributed by atoms with E-state index >= 15 is 0 Å². The van der Waals surface area contributed by atoms with Crippen LogP contribution in [0.25, 0.3) is 0 Å². The summed E-state index contributed by atoms with van der Waals surface area (Å²) < 4.78 is 5.15. The number of nitrogens with zero attached hydrogens (tertiary/aromatic N) is 1. The van der Waals surface area contributed by atoms with Gasteiger partial charge in [0.25, 0.3) is 0 Å². The summed E-state index contributed by atoms with van der Waals surface area (Å²) in [5, 5.41) is 14.7. The number of fused-ring (bicyclic) bond motifs is 1. The van der Waals surface area contributed by atoms with Crippen molar-refractivity contribution in [2.24, 2.45) is 0 Å². The van der Waals surface area contributed by atoms with E-state index in [0.29, 0.717) is 21.8 Å². The van der Waals surface area contributed by atoms with Crippen molar-refractivity contribution in [3.05, 3.63) is 86.7 Å². The maximum atomic E-state index is 11.8. The molecule has 0 bridgehead atoms. The van der Waals surface area contributed by atoms with Crippen LogP contribution in [0.5, 0.6) is 0 Å². The normalized spacial score (nSPS) is 16.7. The summed E-state index contributed by atoms with van der Waals surface area (Å²) in [7, 11) is 0. The van der Waals surface area contributed by atoms with Gasteiger partial charge < -0.3 is 10.1 Å². The van der Waals surface area contributed by atoms with Gasteiger partial charge >= 0.3 is 11.7 Å². The lowest BCUT2D eigenvalue weighted by Gasteiger charge is -2.09. The third-order valence-corrected chi connectivity index (χ3v) is 3.61. The fourth-order valence-corrected chi connectivity index (χ4v) is 2.52. The molecule has 0 radical (unpaired) electrons. The van der Waals surface area contributed by atoms with Crippen molar-refractivity contribution < 1.29 is 14.5 Å². The van der Waals surface area contributed by atoms with Crippen LogP contribution in [0.4, 0.5) is 5.69 Å². The fraction of sp³-hybridized carbons (Fsp3) is 0.0625. The number of nitro groups is 1. The second kappa shape index (κ2) is 6.10. The fourth-order valence-electron chi connectivity index (χ4n) is 2.32. The standard InChI is InChI=1S/C16H11ClN2O4/c17-10-4-3-5-11(8-10)18-9-14(19(21)22)15-12-6-1-2-7-13(12)16(20)23-15/h1-9,15,18H/t15-/m0/s1. The number of nitrogens with one attached hydrogen (secondary N) is 1. The molecule has 0 spiro atoms. The molecule has 23 heavy (non-hydrogen) atoms. The van der Waals surface area contributed by atoms with E-state index in [2.05, 4.69) is 5.32 Å². The summed E-state index contributed by atoms with van der Waals surface area (Å²) in [5.74, 6) is -0.568. The number of carbonyl (C=O) groups is 1. The SMILES string of the molecule is O=C1O[C@H](C(=CNc2cccc(Cl)c2)[N+](=O)[O-])c2ccccc21. The Labute approximate surface area is 136 Å². The van der Waals surface area contributed by atoms with Gasteiger partial charge in [-0.3, -0.25) is 10.1 Å². The molecule has 1 heterocycles. The molecule has 0 unspecified atom stereocenters. The minimum Gasteiger partial charge on any atom is -0.442 e. The van der Waals surface area contributed by atoms with Crippen molar-refractivity contribution in [3.63, 3.8) is 0 Å². The molecule has 0 aromatic heterocycles. The third kappa shape index (κ3) is 3.02. The number of hydrogen-bond acceptors (Lipinski definition) is 5. The van der Waals surface area contributed by atoms with E-state index in [9.17, 15) is 14.9 Å². The van der Waals surface area contributed by atoms with Crippen molar-refractivity contribution in [1.29, 1.82) is 0 Å². The Morgan fingerprint density at radius 3 is 2.78 bits per heavy atom. The minimum absolute atomic E-state index is 0.261. The lowest BCUT2D eigenvalue weighted by molar-refractivity contribution is -0.436. The molecular formula is C16H11ClN2O4. The topological polar surface area (TPSA) is 81.5 Å². The van der Waals surface area contributed by atoms with Gasteiger partial charge in [-0.1, -0.05) is 35.9 Å². The number of ether oxygens (including phenoxy) is 1. The molecule has 0 aliphatic carbocycles. The molecule has 6 nitrogen and oxygen atoms in total. The van der Waals surface area contributed by atoms with Crippen LogP contribution >= 0.6 is 11.6 Å². The predicted molar refractivity (Wildman–Crippen MR) is 84.8 cm³/mol. The van der Waals surface area contributed by atoms with Crippen LogP contribution in [0.3, 0.4) is 0 Å². The van der Waals surface area contributed by atoms with Crippen LogP contribution in [0.15, 0.2) is 60.4 Å². The van der Waals surface area contributed by atoms with E-state index < -0.39 is 17.0 Å². The van der Waals surface area contributed by atoms with E-state index in [1.807, 2.05) is 0 Å². The van der Waals surface area contributed by atoms with Crippen molar-refractivity contribution in [1.82, 2.24) is 0 Å². The van der Waals surface area contributed by atoms with Crippen molar-refractivity contribution in [3.8, 4) is 0 Å². The minimum atomic E-state index is -1.04. The molecule has 116 valence electrons. The van der Waals surface area contributed by atoms with E-state index in [4.69, 9.17) is 16.3 Å². The summed E-state index contributed by atoms with van der Waals surface area (Å²) in [6, 6.07) is 13.4. The molecule has 0 saturated heterocycles. The predicted octanol–water partition coefficient (Wildman–Crippen LogP) is 3.78. The molecule has 0 saturated carbocycles. The molecule has 2 aromatic carbocycles. The maximum absolute atomic E-state index is 11.8. The van der Waals surface area contributed by atoms with Gasteiger partial charge in [0.1, 0.15) is 0 Å². The lowest BCUT2D eigenvalue weighted by Crippen LogP contribution is -2.12. The zero-order valence-electron chi connectivity index (χ0n) is 11.7. The zero-order valence-corrected chi connectivity index (χ0v) is 12.5. The van der Waals surface area contributed by atoms with Gasteiger partial charge in [0.15, 0.2) is 0 Å². The average molecular weight is 331 g/mol. The molecule has 3 rings (SSSR count). The first-order valence-corrected chi connectivity index (χ1v) is 7.10. The summed E-state index contributed by atoms with van der Waals surface area (Å²) in [5.41, 5.74) is 1.15. The number of esters is 1. The van der Waals surface area contributed by atoms with Gasteiger partial charge in [-0.15, -0.1) is 0 Å². The number of carbonyl (C=O) groups excluding carboxylic acids is 1. The van der Waals surface area contributed by atoms with E-state index in [1.165, 1.54) is 6.20 Å². The highest BCUT2D eigenvalue weighted by atomic mass is 35.5. The highest BCUT2D eigenvalue weighted by Crippen LogP contribution is 2.35. The number of benzene rings is 2. The second-order valence-electron chi connectivity index (χ2n) is 4.85. The van der Waals surface area contributed by atoms with Gasteiger partial charge in [-0.25, -0.2) is 4.79 Å². The van der Waals surface area contributed by atoms with Crippen LogP contribution in [-0.2, 0) is 4.74 Å². The van der Waals surface area contributed by atoms with Gasteiger partial charge in [-0.05, 0) is 24.3 Å². The first-order valence-electron chi connectivity index (χ1n) is 6.73. The van der Waals surface area contributed by atoms with Crippen LogP contribution in [0.2, 0.25) is 5.02 Å². The Morgan fingerprint density at radius 1 is 1.26 bits per heavy atom. The first kappa shape index (κ1) is 15.1. The maximum Gasteiger partial charge on any atom is 0.339 e. The number of rotatable bonds is 4. The average Bonchev–Trinajstić information content (AvgIpc) is 2.85. The van der Waals surface area contributed by atoms with E-state index in [1.54, 1.807) is 48.5 Å². The number of halogens is 1. The summed E-state index contributed by atoms with van der Waals surface area (Å²) in [4.78, 5) is 22.6. The van der Waals surface area contributed by atoms with Crippen LogP contribution < -0.4 is 5.32 Å². The molecule has 0 fully saturated rings. The van der Waals surface area contributed by atoms with E-state index in [-0.39, 0.29) is 5.70 Å². The molecule has 1 atom stereocenters. The number of cyclic esters (lactones) is 1. The van der Waals surface area contributed by atoms with Gasteiger partial charge in [0.2, 0.25) is 6.10 Å². The molecule has 1 aliphatic heterocycles. The highest BCUT2D eigenvalue weighted by Gasteiger charge is 2.39. The van der Waals surface area contributed by atoms with Crippen LogP contribution in [-0.4, -0.2) is 10.9 Å².